The van der Waals surface area contributed by atoms with Gasteiger partial charge in [0.05, 0.1) is 41.7 Å². The minimum absolute atomic E-state index is 0.114. The summed E-state index contributed by atoms with van der Waals surface area (Å²) in [4.78, 5) is 33.0. The minimum Gasteiger partial charge on any atom is -0.496 e. The van der Waals surface area contributed by atoms with E-state index in [4.69, 9.17) is 9.84 Å². The van der Waals surface area contributed by atoms with Crippen LogP contribution >= 0.6 is 11.8 Å². The normalized spacial score (nSPS) is 14.6. The first-order valence-corrected chi connectivity index (χ1v) is 14.7. The molecule has 0 spiro atoms. The van der Waals surface area contributed by atoms with E-state index in [2.05, 4.69) is 10.3 Å². The molecule has 1 aliphatic rings. The van der Waals surface area contributed by atoms with Crippen LogP contribution in [-0.4, -0.2) is 46.0 Å². The van der Waals surface area contributed by atoms with E-state index in [0.717, 1.165) is 16.7 Å². The van der Waals surface area contributed by atoms with Gasteiger partial charge in [0.2, 0.25) is 11.8 Å². The third kappa shape index (κ3) is 5.87. The largest absolute Gasteiger partial charge is 0.496 e. The van der Waals surface area contributed by atoms with Crippen LogP contribution in [0.5, 0.6) is 5.75 Å². The Morgan fingerprint density at radius 2 is 1.74 bits per heavy atom. The van der Waals surface area contributed by atoms with Gasteiger partial charge in [0.25, 0.3) is 0 Å². The first-order chi connectivity index (χ1) is 21.0. The van der Waals surface area contributed by atoms with Crippen molar-refractivity contribution < 1.29 is 18.7 Å². The molecule has 10 heteroatoms. The SMILES string of the molecule is COc1ccccc1[C@H]1SCC(=O)N(CC(=O)NCc2ccccn2)c2c1c(-c1ccccc1)nn2-c1ccc(F)cc1. The van der Waals surface area contributed by atoms with Crippen molar-refractivity contribution >= 4 is 29.4 Å². The van der Waals surface area contributed by atoms with Gasteiger partial charge >= 0.3 is 0 Å². The number of methoxy groups -OCH3 is 1. The highest BCUT2D eigenvalue weighted by Crippen LogP contribution is 2.50. The summed E-state index contributed by atoms with van der Waals surface area (Å²) < 4.78 is 21.4. The summed E-state index contributed by atoms with van der Waals surface area (Å²) in [5.41, 5.74) is 4.38. The molecule has 5 aromatic rings. The molecule has 1 aliphatic heterocycles. The number of fused-ring (bicyclic) bond motifs is 1. The van der Waals surface area contributed by atoms with E-state index in [0.29, 0.717) is 28.6 Å². The molecule has 8 nitrogen and oxygen atoms in total. The van der Waals surface area contributed by atoms with Crippen molar-refractivity contribution in [1.29, 1.82) is 0 Å². The predicted molar refractivity (Wildman–Crippen MR) is 165 cm³/mol. The van der Waals surface area contributed by atoms with E-state index < -0.39 is 5.82 Å². The van der Waals surface area contributed by atoms with Crippen LogP contribution in [-0.2, 0) is 16.1 Å². The molecule has 2 amide bonds. The number of carbonyl (C=O) groups excluding carboxylic acids is 2. The molecular formula is C33H28FN5O3S. The summed E-state index contributed by atoms with van der Waals surface area (Å²) in [6.07, 6.45) is 1.66. The number of pyridine rings is 1. The number of nitrogens with one attached hydrogen (secondary N) is 1. The van der Waals surface area contributed by atoms with Gasteiger partial charge in [-0.05, 0) is 42.5 Å². The maximum Gasteiger partial charge on any atom is 0.240 e. The summed E-state index contributed by atoms with van der Waals surface area (Å²) >= 11 is 1.45. The third-order valence-corrected chi connectivity index (χ3v) is 8.36. The van der Waals surface area contributed by atoms with Crippen LogP contribution in [0.15, 0.2) is 103 Å². The highest BCUT2D eigenvalue weighted by molar-refractivity contribution is 8.00. The van der Waals surface area contributed by atoms with Crippen molar-refractivity contribution in [2.45, 2.75) is 11.8 Å². The van der Waals surface area contributed by atoms with Gasteiger partial charge in [0.15, 0.2) is 0 Å². The number of anilines is 1. The molecule has 0 unspecified atom stereocenters. The van der Waals surface area contributed by atoms with Gasteiger partial charge in [-0.1, -0.05) is 54.6 Å². The zero-order valence-corrected chi connectivity index (χ0v) is 24.1. The van der Waals surface area contributed by atoms with Crippen molar-refractivity contribution in [1.82, 2.24) is 20.1 Å². The Morgan fingerprint density at radius 3 is 2.49 bits per heavy atom. The van der Waals surface area contributed by atoms with Crippen molar-refractivity contribution in [3.63, 3.8) is 0 Å². The second kappa shape index (κ2) is 12.5. The fourth-order valence-electron chi connectivity index (χ4n) is 5.11. The maximum absolute atomic E-state index is 14.0. The quantitative estimate of drug-likeness (QED) is 0.253. The number of hydrogen-bond acceptors (Lipinski definition) is 6. The lowest BCUT2D eigenvalue weighted by molar-refractivity contribution is -0.123. The Bertz CT molecular complexity index is 1750. The molecule has 2 aromatic heterocycles. The first kappa shape index (κ1) is 28.2. The maximum atomic E-state index is 14.0. The molecule has 3 aromatic carbocycles. The molecule has 0 radical (unpaired) electrons. The average Bonchev–Trinajstić information content (AvgIpc) is 3.37. The molecule has 0 saturated carbocycles. The van der Waals surface area contributed by atoms with Gasteiger partial charge in [0.1, 0.15) is 23.9 Å². The zero-order valence-electron chi connectivity index (χ0n) is 23.3. The molecular weight excluding hydrogens is 565 g/mol. The summed E-state index contributed by atoms with van der Waals surface area (Å²) in [5.74, 6) is 0.244. The number of ether oxygens (including phenoxy) is 1. The number of nitrogens with zero attached hydrogens (tertiary/aromatic N) is 4. The standard InChI is InChI=1S/C33H28FN5O3S/c1-42-27-13-6-5-12-26(27)32-30-31(22-9-3-2-4-10-22)37-39(25-16-14-23(34)15-17-25)33(30)38(29(41)21-43-32)20-28(40)36-19-24-11-7-8-18-35-24/h2-18,32H,19-21H2,1H3,(H,36,40)/t32-/m1/s1. The van der Waals surface area contributed by atoms with Gasteiger partial charge in [-0.15, -0.1) is 11.8 Å². The van der Waals surface area contributed by atoms with E-state index >= 15 is 0 Å². The highest BCUT2D eigenvalue weighted by Gasteiger charge is 2.38. The molecule has 6 rings (SSSR count). The van der Waals surface area contributed by atoms with Crippen LogP contribution in [0.1, 0.15) is 22.1 Å². The van der Waals surface area contributed by atoms with Crippen LogP contribution in [0, 0.1) is 5.82 Å². The van der Waals surface area contributed by atoms with Crippen LogP contribution in [0.4, 0.5) is 10.2 Å². The van der Waals surface area contributed by atoms with Crippen molar-refractivity contribution in [2.24, 2.45) is 0 Å². The monoisotopic (exact) mass is 593 g/mol. The number of benzene rings is 3. The first-order valence-electron chi connectivity index (χ1n) is 13.7. The van der Waals surface area contributed by atoms with E-state index in [1.807, 2.05) is 66.7 Å². The highest BCUT2D eigenvalue weighted by atomic mass is 32.2. The summed E-state index contributed by atoms with van der Waals surface area (Å²) in [6, 6.07) is 28.8. The molecule has 0 fully saturated rings. The lowest BCUT2D eigenvalue weighted by Gasteiger charge is -2.23. The number of hydrogen-bond donors (Lipinski definition) is 1. The molecule has 0 saturated heterocycles. The Morgan fingerprint density at radius 1 is 1.00 bits per heavy atom. The zero-order chi connectivity index (χ0) is 29.8. The van der Waals surface area contributed by atoms with E-state index in [9.17, 15) is 14.0 Å². The molecule has 216 valence electrons. The fourth-order valence-corrected chi connectivity index (χ4v) is 6.33. The van der Waals surface area contributed by atoms with Gasteiger partial charge in [-0.3, -0.25) is 19.5 Å². The average molecular weight is 594 g/mol. The summed E-state index contributed by atoms with van der Waals surface area (Å²) in [6.45, 7) is -0.0152. The van der Waals surface area contributed by atoms with Crippen molar-refractivity contribution in [3.05, 3.63) is 126 Å². The number of thioether (sulfide) groups is 1. The number of halogens is 1. The number of rotatable bonds is 8. The molecule has 3 heterocycles. The van der Waals surface area contributed by atoms with Crippen LogP contribution in [0.25, 0.3) is 16.9 Å². The molecule has 1 N–H and O–H groups in total. The Labute approximate surface area is 252 Å². The second-order valence-electron chi connectivity index (χ2n) is 9.85. The van der Waals surface area contributed by atoms with E-state index in [1.54, 1.807) is 36.2 Å². The Hall–Kier alpha value is -4.96. The van der Waals surface area contributed by atoms with Crippen LogP contribution in [0.3, 0.4) is 0 Å². The molecule has 0 aliphatic carbocycles. The van der Waals surface area contributed by atoms with Crippen LogP contribution in [0.2, 0.25) is 0 Å². The Kier molecular flexibility index (Phi) is 8.19. The topological polar surface area (TPSA) is 89.3 Å². The Balaban J connectivity index is 1.53. The van der Waals surface area contributed by atoms with Gasteiger partial charge in [-0.25, -0.2) is 9.07 Å². The molecule has 1 atom stereocenters. The van der Waals surface area contributed by atoms with E-state index in [1.165, 1.54) is 28.8 Å². The van der Waals surface area contributed by atoms with Crippen LogP contribution < -0.4 is 15.0 Å². The van der Waals surface area contributed by atoms with Gasteiger partial charge < -0.3 is 10.1 Å². The molecule has 43 heavy (non-hydrogen) atoms. The number of aromatic nitrogens is 3. The number of para-hydroxylation sites is 1. The lowest BCUT2D eigenvalue weighted by atomic mass is 9.99. The van der Waals surface area contributed by atoms with Gasteiger partial charge in [-0.2, -0.15) is 5.10 Å². The smallest absolute Gasteiger partial charge is 0.240 e. The van der Waals surface area contributed by atoms with Crippen molar-refractivity contribution in [3.8, 4) is 22.7 Å². The number of carbonyl (C=O) groups is 2. The summed E-state index contributed by atoms with van der Waals surface area (Å²) in [5, 5.41) is 7.55. The third-order valence-electron chi connectivity index (χ3n) is 7.12. The minimum atomic E-state index is -0.394. The molecule has 0 bridgehead atoms. The number of amides is 2. The van der Waals surface area contributed by atoms with Gasteiger partial charge in [0, 0.05) is 22.9 Å². The predicted octanol–water partition coefficient (Wildman–Crippen LogP) is 5.57. The van der Waals surface area contributed by atoms with E-state index in [-0.39, 0.29) is 35.9 Å². The van der Waals surface area contributed by atoms with Crippen molar-refractivity contribution in [2.75, 3.05) is 24.3 Å². The summed E-state index contributed by atoms with van der Waals surface area (Å²) in [7, 11) is 1.62. The fraction of sp³-hybridized carbons (Fsp3) is 0.152. The lowest BCUT2D eigenvalue weighted by Crippen LogP contribution is -2.42. The second-order valence-corrected chi connectivity index (χ2v) is 10.9.